The van der Waals surface area contributed by atoms with E-state index in [9.17, 15) is 14.7 Å². The summed E-state index contributed by atoms with van der Waals surface area (Å²) in [6.45, 7) is 1.26. The van der Waals surface area contributed by atoms with Crippen molar-refractivity contribution in [3.05, 3.63) is 65.7 Å². The smallest absolute Gasteiger partial charge is 0.290 e. The molecule has 0 aromatic heterocycles. The molecule has 1 heterocycles. The van der Waals surface area contributed by atoms with Gasteiger partial charge in [-0.1, -0.05) is 42.5 Å². The monoisotopic (exact) mass is 385 g/mol. The molecule has 1 saturated heterocycles. The third kappa shape index (κ3) is 5.09. The largest absolute Gasteiger partial charge is 0.387 e. The number of anilines is 1. The summed E-state index contributed by atoms with van der Waals surface area (Å²) < 4.78 is 0. The van der Waals surface area contributed by atoms with Crippen molar-refractivity contribution in [1.82, 2.24) is 10.2 Å². The number of likely N-dealkylation sites (N-methyl/N-ethyl adjacent to an activating group) is 1. The first-order valence-electron chi connectivity index (χ1n) is 8.82. The second-order valence-corrected chi connectivity index (χ2v) is 7.44. The second-order valence-electron chi connectivity index (χ2n) is 6.38. The topological polar surface area (TPSA) is 81.7 Å². The Kier molecular flexibility index (Phi) is 6.49. The highest BCUT2D eigenvalue weighted by molar-refractivity contribution is 8.15. The van der Waals surface area contributed by atoms with Gasteiger partial charge in [0, 0.05) is 19.3 Å². The van der Waals surface area contributed by atoms with Crippen LogP contribution in [-0.4, -0.2) is 46.7 Å². The van der Waals surface area contributed by atoms with E-state index in [1.807, 2.05) is 54.6 Å². The Morgan fingerprint density at radius 1 is 1.11 bits per heavy atom. The average Bonchev–Trinajstić information content (AvgIpc) is 2.93. The van der Waals surface area contributed by atoms with Crippen LogP contribution in [0.2, 0.25) is 0 Å². The van der Waals surface area contributed by atoms with Crippen LogP contribution in [0.15, 0.2) is 54.6 Å². The van der Waals surface area contributed by atoms with Crippen molar-refractivity contribution in [3.8, 4) is 0 Å². The van der Waals surface area contributed by atoms with Gasteiger partial charge in [0.15, 0.2) is 5.37 Å². The number of aliphatic hydroxyl groups excluding tert-OH is 1. The van der Waals surface area contributed by atoms with Gasteiger partial charge in [-0.2, -0.15) is 0 Å². The van der Waals surface area contributed by atoms with Crippen molar-refractivity contribution in [1.29, 1.82) is 0 Å². The summed E-state index contributed by atoms with van der Waals surface area (Å²) in [4.78, 5) is 24.6. The minimum atomic E-state index is -0.561. The molecule has 2 amide bonds. The number of carbonyl (C=O) groups excluding carboxylic acids is 2. The molecular formula is C20H23N3O3S. The maximum absolute atomic E-state index is 11.9. The third-order valence-corrected chi connectivity index (χ3v) is 5.44. The molecule has 3 N–H and O–H groups in total. The zero-order valence-corrected chi connectivity index (χ0v) is 15.9. The molecule has 2 unspecified atom stereocenters. The van der Waals surface area contributed by atoms with Crippen molar-refractivity contribution in [2.24, 2.45) is 0 Å². The van der Waals surface area contributed by atoms with Crippen LogP contribution in [0.1, 0.15) is 17.2 Å². The summed E-state index contributed by atoms with van der Waals surface area (Å²) >= 11 is 0.991. The number of hydrogen-bond donors (Lipinski definition) is 3. The van der Waals surface area contributed by atoms with E-state index in [1.54, 1.807) is 0 Å². The van der Waals surface area contributed by atoms with Crippen LogP contribution in [0.3, 0.4) is 0 Å². The number of imide groups is 1. The number of nitrogens with one attached hydrogen (secondary N) is 2. The lowest BCUT2D eigenvalue weighted by Crippen LogP contribution is -2.31. The van der Waals surface area contributed by atoms with E-state index in [1.165, 1.54) is 7.05 Å². The van der Waals surface area contributed by atoms with Gasteiger partial charge in [-0.25, -0.2) is 0 Å². The molecule has 7 heteroatoms. The molecular weight excluding hydrogens is 362 g/mol. The molecule has 1 aliphatic rings. The fraction of sp³-hybridized carbons (Fsp3) is 0.300. The Labute approximate surface area is 163 Å². The van der Waals surface area contributed by atoms with Crippen LogP contribution in [0, 0.1) is 0 Å². The Morgan fingerprint density at radius 3 is 2.44 bits per heavy atom. The highest BCUT2D eigenvalue weighted by atomic mass is 32.2. The molecule has 6 nitrogen and oxygen atoms in total. The molecule has 0 bridgehead atoms. The van der Waals surface area contributed by atoms with E-state index < -0.39 is 11.5 Å². The number of aliphatic hydroxyl groups is 1. The summed E-state index contributed by atoms with van der Waals surface area (Å²) in [6.07, 6.45) is 0.320. The van der Waals surface area contributed by atoms with Gasteiger partial charge in [-0.15, -0.1) is 0 Å². The van der Waals surface area contributed by atoms with E-state index in [0.29, 0.717) is 6.54 Å². The predicted octanol–water partition coefficient (Wildman–Crippen LogP) is 2.62. The molecule has 2 atom stereocenters. The third-order valence-electron chi connectivity index (χ3n) is 4.41. The van der Waals surface area contributed by atoms with Crippen LogP contribution in [0.5, 0.6) is 0 Å². The van der Waals surface area contributed by atoms with Gasteiger partial charge in [0.2, 0.25) is 0 Å². The first-order chi connectivity index (χ1) is 13.0. The number of nitrogens with zero attached hydrogens (tertiary/aromatic N) is 1. The van der Waals surface area contributed by atoms with E-state index in [2.05, 4.69) is 10.6 Å². The van der Waals surface area contributed by atoms with Gasteiger partial charge in [-0.05, 0) is 48.0 Å². The van der Waals surface area contributed by atoms with Gasteiger partial charge < -0.3 is 15.7 Å². The normalized spacial score (nSPS) is 18.0. The second kappa shape index (κ2) is 9.03. The standard InChI is InChI=1S/C20H23N3O3S/c1-23-19(25)18(27-20(23)26)22-16-9-7-14(8-10-16)11-12-21-13-17(24)15-5-3-2-4-6-15/h2-10,17-18,21-22,24H,11-13H2,1H3. The fourth-order valence-corrected chi connectivity index (χ4v) is 3.67. The van der Waals surface area contributed by atoms with Gasteiger partial charge in [0.05, 0.1) is 6.10 Å². The van der Waals surface area contributed by atoms with Crippen molar-refractivity contribution >= 4 is 28.6 Å². The molecule has 2 aromatic rings. The number of carbonyl (C=O) groups is 2. The predicted molar refractivity (Wildman–Crippen MR) is 108 cm³/mol. The lowest BCUT2D eigenvalue weighted by atomic mass is 10.1. The van der Waals surface area contributed by atoms with Gasteiger partial charge in [0.1, 0.15) is 0 Å². The van der Waals surface area contributed by atoms with Crippen LogP contribution >= 0.6 is 11.8 Å². The zero-order chi connectivity index (χ0) is 19.2. The van der Waals surface area contributed by atoms with E-state index in [-0.39, 0.29) is 11.1 Å². The first-order valence-corrected chi connectivity index (χ1v) is 9.70. The van der Waals surface area contributed by atoms with E-state index in [4.69, 9.17) is 0 Å². The summed E-state index contributed by atoms with van der Waals surface area (Å²) in [5.74, 6) is -0.227. The minimum absolute atomic E-state index is 0.227. The van der Waals surface area contributed by atoms with Crippen molar-refractivity contribution in [2.45, 2.75) is 17.9 Å². The molecule has 1 aliphatic heterocycles. The zero-order valence-electron chi connectivity index (χ0n) is 15.1. The van der Waals surface area contributed by atoms with E-state index >= 15 is 0 Å². The molecule has 1 fully saturated rings. The Balaban J connectivity index is 1.42. The number of thioether (sulfide) groups is 1. The van der Waals surface area contributed by atoms with Gasteiger partial charge in [-0.3, -0.25) is 14.5 Å². The Hall–Kier alpha value is -2.35. The molecule has 142 valence electrons. The fourth-order valence-electron chi connectivity index (χ4n) is 2.77. The SMILES string of the molecule is CN1C(=O)SC(Nc2ccc(CCNCC(O)c3ccccc3)cc2)C1=O. The summed E-state index contributed by atoms with van der Waals surface area (Å²) in [6, 6.07) is 17.4. The van der Waals surface area contributed by atoms with Crippen LogP contribution in [0.4, 0.5) is 10.5 Å². The maximum Gasteiger partial charge on any atom is 0.290 e. The van der Waals surface area contributed by atoms with Crippen LogP contribution in [0.25, 0.3) is 0 Å². The minimum Gasteiger partial charge on any atom is -0.387 e. The Morgan fingerprint density at radius 2 is 1.81 bits per heavy atom. The summed E-state index contributed by atoms with van der Waals surface area (Å²) in [7, 11) is 1.49. The Bertz CT molecular complexity index is 783. The lowest BCUT2D eigenvalue weighted by molar-refractivity contribution is -0.125. The molecule has 0 aliphatic carbocycles. The van der Waals surface area contributed by atoms with Crippen LogP contribution < -0.4 is 10.6 Å². The van der Waals surface area contributed by atoms with Crippen molar-refractivity contribution < 1.29 is 14.7 Å². The highest BCUT2D eigenvalue weighted by Gasteiger charge is 2.37. The van der Waals surface area contributed by atoms with Gasteiger partial charge >= 0.3 is 0 Å². The number of amides is 2. The molecule has 0 saturated carbocycles. The number of benzene rings is 2. The van der Waals surface area contributed by atoms with Crippen LogP contribution in [-0.2, 0) is 11.2 Å². The summed E-state index contributed by atoms with van der Waals surface area (Å²) in [5.41, 5.74) is 2.87. The van der Waals surface area contributed by atoms with Crippen molar-refractivity contribution in [3.63, 3.8) is 0 Å². The van der Waals surface area contributed by atoms with Crippen molar-refractivity contribution in [2.75, 3.05) is 25.5 Å². The summed E-state index contributed by atoms with van der Waals surface area (Å²) in [5, 5.41) is 15.7. The molecule has 27 heavy (non-hydrogen) atoms. The molecule has 0 radical (unpaired) electrons. The quantitative estimate of drug-likeness (QED) is 0.606. The maximum atomic E-state index is 11.9. The molecule has 2 aromatic carbocycles. The number of hydrogen-bond acceptors (Lipinski definition) is 6. The number of rotatable bonds is 8. The van der Waals surface area contributed by atoms with Gasteiger partial charge in [0.25, 0.3) is 11.1 Å². The van der Waals surface area contributed by atoms with E-state index in [0.717, 1.165) is 46.4 Å². The average molecular weight is 385 g/mol. The lowest BCUT2D eigenvalue weighted by Gasteiger charge is -2.13. The molecule has 0 spiro atoms. The molecule has 3 rings (SSSR count). The highest BCUT2D eigenvalue weighted by Crippen LogP contribution is 2.27. The first kappa shape index (κ1) is 19.4.